The van der Waals surface area contributed by atoms with E-state index in [1.807, 2.05) is 0 Å². The van der Waals surface area contributed by atoms with Gasteiger partial charge in [-0.15, -0.1) is 15.0 Å². The molecule has 3 atom stereocenters. The van der Waals surface area contributed by atoms with Crippen molar-refractivity contribution in [3.8, 4) is 11.4 Å². The third kappa shape index (κ3) is 9.26. The van der Waals surface area contributed by atoms with Gasteiger partial charge in [0.05, 0.1) is 12.5 Å². The van der Waals surface area contributed by atoms with Crippen LogP contribution in [-0.4, -0.2) is 67.4 Å². The molecule has 0 saturated carbocycles. The molecular weight excluding hydrogens is 570 g/mol. The second-order valence-electron chi connectivity index (χ2n) is 11.4. The molecule has 3 unspecified atom stereocenters. The summed E-state index contributed by atoms with van der Waals surface area (Å²) in [5.74, 6) is -3.92. The molecule has 234 valence electrons. The summed E-state index contributed by atoms with van der Waals surface area (Å²) in [7, 11) is 0. The molecule has 3 rings (SSSR count). The summed E-state index contributed by atoms with van der Waals surface area (Å²) in [5.41, 5.74) is 12.0. The zero-order chi connectivity index (χ0) is 32.6. The highest BCUT2D eigenvalue weighted by Crippen LogP contribution is 2.19. The van der Waals surface area contributed by atoms with Crippen molar-refractivity contribution in [3.05, 3.63) is 65.7 Å². The van der Waals surface area contributed by atoms with Gasteiger partial charge in [0.2, 0.25) is 17.8 Å². The maximum Gasteiger partial charge on any atom is 0.341 e. The molecule has 14 heteroatoms. The Kier molecular flexibility index (Phi) is 11.0. The monoisotopic (exact) mass is 607 g/mol. The maximum absolute atomic E-state index is 13.4. The number of nitrogens with one attached hydrogen (secondary N) is 1. The van der Waals surface area contributed by atoms with E-state index in [1.165, 1.54) is 24.3 Å². The van der Waals surface area contributed by atoms with Crippen LogP contribution < -0.4 is 16.8 Å². The van der Waals surface area contributed by atoms with Gasteiger partial charge in [-0.3, -0.25) is 19.2 Å². The van der Waals surface area contributed by atoms with Crippen molar-refractivity contribution in [1.29, 1.82) is 0 Å². The highest BCUT2D eigenvalue weighted by molar-refractivity contribution is 6.04. The number of aromatic nitrogens is 4. The fraction of sp³-hybridized carbons (Fsp3) is 0.400. The lowest BCUT2D eigenvalue weighted by Gasteiger charge is -2.21. The van der Waals surface area contributed by atoms with Gasteiger partial charge in [-0.1, -0.05) is 56.3 Å². The molecule has 3 aromatic rings. The minimum Gasteiger partial charge on any atom is -0.460 e. The van der Waals surface area contributed by atoms with Gasteiger partial charge in [-0.05, 0) is 49.6 Å². The van der Waals surface area contributed by atoms with E-state index in [0.29, 0.717) is 11.1 Å². The van der Waals surface area contributed by atoms with Crippen LogP contribution in [0, 0.1) is 5.92 Å². The average molecular weight is 608 g/mol. The SMILES string of the molecule is CC(C)C(NC(=O)c1ccc(-c2nnn(C(C(=O)OCc3ccccc3)C(=O)C(N)CC(=O)OC(C)(C)C)n2)cc1)C(N)=O. The first kappa shape index (κ1) is 33.5. The van der Waals surface area contributed by atoms with Gasteiger partial charge in [-0.25, -0.2) is 4.79 Å². The number of nitrogens with two attached hydrogens (primary N) is 2. The van der Waals surface area contributed by atoms with Crippen LogP contribution in [0.3, 0.4) is 0 Å². The molecule has 0 aliphatic heterocycles. The molecule has 0 spiro atoms. The van der Waals surface area contributed by atoms with Crippen LogP contribution in [0.5, 0.6) is 0 Å². The molecule has 1 aromatic heterocycles. The molecule has 1 heterocycles. The molecule has 0 radical (unpaired) electrons. The number of ketones is 1. The normalized spacial score (nSPS) is 13.4. The highest BCUT2D eigenvalue weighted by atomic mass is 16.6. The number of esters is 2. The minimum atomic E-state index is -1.75. The molecule has 0 aliphatic carbocycles. The standard InChI is InChI=1S/C30H37N7O7/c1-17(2)23(26(32)40)33-28(41)20-13-11-19(12-14-20)27-34-36-37(35-27)24(29(42)43-16-18-9-7-6-8-10-18)25(39)21(31)15-22(38)44-30(3,4)5/h6-14,17,21,23-24H,15-16,31H2,1-5H3,(H2,32,40)(H,33,41). The van der Waals surface area contributed by atoms with E-state index in [0.717, 1.165) is 4.80 Å². The summed E-state index contributed by atoms with van der Waals surface area (Å²) in [6.45, 7) is 8.40. The van der Waals surface area contributed by atoms with Crippen molar-refractivity contribution < 1.29 is 33.4 Å². The van der Waals surface area contributed by atoms with Gasteiger partial charge in [0.1, 0.15) is 18.2 Å². The lowest BCUT2D eigenvalue weighted by Crippen LogP contribution is -2.47. The summed E-state index contributed by atoms with van der Waals surface area (Å²) < 4.78 is 10.6. The van der Waals surface area contributed by atoms with Gasteiger partial charge in [0, 0.05) is 11.1 Å². The number of Topliss-reactive ketones (excluding diaryl/α,β-unsaturated/α-hetero) is 1. The first-order valence-electron chi connectivity index (χ1n) is 13.9. The summed E-state index contributed by atoms with van der Waals surface area (Å²) in [6.07, 6.45) is -0.489. The van der Waals surface area contributed by atoms with E-state index in [9.17, 15) is 24.0 Å². The van der Waals surface area contributed by atoms with Crippen molar-refractivity contribution in [2.75, 3.05) is 0 Å². The Morgan fingerprint density at radius 3 is 2.18 bits per heavy atom. The van der Waals surface area contributed by atoms with Crippen LogP contribution >= 0.6 is 0 Å². The quantitative estimate of drug-likeness (QED) is 0.187. The molecule has 0 aliphatic rings. The Bertz CT molecular complexity index is 1480. The Morgan fingerprint density at radius 2 is 1.61 bits per heavy atom. The summed E-state index contributed by atoms with van der Waals surface area (Å²) >= 11 is 0. The molecule has 2 aromatic carbocycles. The second-order valence-corrected chi connectivity index (χ2v) is 11.4. The van der Waals surface area contributed by atoms with Crippen LogP contribution in [0.25, 0.3) is 11.4 Å². The van der Waals surface area contributed by atoms with Gasteiger partial charge in [-0.2, -0.15) is 0 Å². The molecule has 5 N–H and O–H groups in total. The Hall–Kier alpha value is -4.98. The van der Waals surface area contributed by atoms with E-state index in [4.69, 9.17) is 20.9 Å². The van der Waals surface area contributed by atoms with E-state index in [2.05, 4.69) is 20.7 Å². The molecule has 0 fully saturated rings. The summed E-state index contributed by atoms with van der Waals surface area (Å²) in [4.78, 5) is 64.0. The maximum atomic E-state index is 13.4. The third-order valence-corrected chi connectivity index (χ3v) is 6.21. The number of tetrazole rings is 1. The molecule has 0 saturated heterocycles. The first-order chi connectivity index (χ1) is 20.7. The lowest BCUT2D eigenvalue weighted by molar-refractivity contribution is -0.158. The van der Waals surface area contributed by atoms with Gasteiger partial charge in [0.25, 0.3) is 5.91 Å². The topological polar surface area (TPSA) is 211 Å². The van der Waals surface area contributed by atoms with E-state index >= 15 is 0 Å². The van der Waals surface area contributed by atoms with Gasteiger partial charge in [0.15, 0.2) is 5.78 Å². The number of hydrogen-bond donors (Lipinski definition) is 3. The number of carbonyl (C=O) groups excluding carboxylic acids is 5. The van der Waals surface area contributed by atoms with Crippen LogP contribution in [-0.2, 0) is 35.3 Å². The number of rotatable bonds is 13. The largest absolute Gasteiger partial charge is 0.460 e. The Balaban J connectivity index is 1.83. The predicted molar refractivity (Wildman–Crippen MR) is 157 cm³/mol. The number of ether oxygens (including phenoxy) is 2. The average Bonchev–Trinajstić information content (AvgIpc) is 3.43. The van der Waals surface area contributed by atoms with Crippen molar-refractivity contribution in [3.63, 3.8) is 0 Å². The third-order valence-electron chi connectivity index (χ3n) is 6.21. The number of carbonyl (C=O) groups is 5. The van der Waals surface area contributed by atoms with Crippen molar-refractivity contribution in [2.24, 2.45) is 17.4 Å². The number of benzene rings is 2. The van der Waals surface area contributed by atoms with Crippen molar-refractivity contribution in [2.45, 2.75) is 71.4 Å². The molecule has 14 nitrogen and oxygen atoms in total. The highest BCUT2D eigenvalue weighted by Gasteiger charge is 2.37. The predicted octanol–water partition coefficient (Wildman–Crippen LogP) is 1.49. The Morgan fingerprint density at radius 1 is 0.977 bits per heavy atom. The number of primary amides is 1. The molecule has 44 heavy (non-hydrogen) atoms. The number of nitrogens with zero attached hydrogens (tertiary/aromatic N) is 4. The van der Waals surface area contributed by atoms with Crippen LogP contribution in [0.15, 0.2) is 54.6 Å². The van der Waals surface area contributed by atoms with Crippen molar-refractivity contribution >= 4 is 29.5 Å². The molecule has 2 amide bonds. The zero-order valence-electron chi connectivity index (χ0n) is 25.2. The van der Waals surface area contributed by atoms with E-state index in [-0.39, 0.29) is 23.9 Å². The molecule has 0 bridgehead atoms. The number of amides is 2. The fourth-order valence-corrected chi connectivity index (χ4v) is 4.01. The minimum absolute atomic E-state index is 0.0310. The van der Waals surface area contributed by atoms with Crippen LogP contribution in [0.1, 0.15) is 63.0 Å². The second kappa shape index (κ2) is 14.5. The van der Waals surface area contributed by atoms with Crippen LogP contribution in [0.4, 0.5) is 0 Å². The van der Waals surface area contributed by atoms with Crippen molar-refractivity contribution in [1.82, 2.24) is 25.5 Å². The number of hydrogen-bond acceptors (Lipinski definition) is 11. The fourth-order valence-electron chi connectivity index (χ4n) is 4.01. The van der Waals surface area contributed by atoms with E-state index < -0.39 is 59.7 Å². The lowest BCUT2D eigenvalue weighted by atomic mass is 10.0. The van der Waals surface area contributed by atoms with Gasteiger partial charge < -0.3 is 26.3 Å². The van der Waals surface area contributed by atoms with Crippen LogP contribution in [0.2, 0.25) is 0 Å². The smallest absolute Gasteiger partial charge is 0.341 e. The summed E-state index contributed by atoms with van der Waals surface area (Å²) in [5, 5.41) is 14.7. The van der Waals surface area contributed by atoms with E-state index in [1.54, 1.807) is 65.0 Å². The molecular formula is C30H37N7O7. The Labute approximate surface area is 254 Å². The zero-order valence-corrected chi connectivity index (χ0v) is 25.2. The summed E-state index contributed by atoms with van der Waals surface area (Å²) in [6, 6.07) is 10.8. The van der Waals surface area contributed by atoms with Gasteiger partial charge >= 0.3 is 11.9 Å². The first-order valence-corrected chi connectivity index (χ1v) is 13.9.